The van der Waals surface area contributed by atoms with Crippen LogP contribution in [-0.4, -0.2) is 60.0 Å². The molecule has 2 heterocycles. The largest absolute Gasteiger partial charge is 0.416 e. The smallest absolute Gasteiger partial charge is 0.323 e. The van der Waals surface area contributed by atoms with Crippen molar-refractivity contribution >= 4 is 21.7 Å². The van der Waals surface area contributed by atoms with Crippen molar-refractivity contribution in [3.8, 4) is 0 Å². The number of carbonyl (C=O) groups is 1. The van der Waals surface area contributed by atoms with Gasteiger partial charge in [0.05, 0.1) is 17.0 Å². The van der Waals surface area contributed by atoms with E-state index in [0.717, 1.165) is 12.1 Å². The Morgan fingerprint density at radius 2 is 1.77 bits per heavy atom. The van der Waals surface area contributed by atoms with E-state index in [1.165, 1.54) is 21.3 Å². The molecule has 30 heavy (non-hydrogen) atoms. The Morgan fingerprint density at radius 3 is 2.33 bits per heavy atom. The summed E-state index contributed by atoms with van der Waals surface area (Å²) in [5, 5.41) is 9.15. The first-order valence-corrected chi connectivity index (χ1v) is 10.7. The minimum absolute atomic E-state index is 0.104. The molecule has 1 saturated heterocycles. The number of nitrogens with zero attached hydrogens (tertiary/aromatic N) is 3. The summed E-state index contributed by atoms with van der Waals surface area (Å²) in [4.78, 5) is 14.1. The average molecular weight is 445 g/mol. The minimum Gasteiger partial charge on any atom is -0.323 e. The highest BCUT2D eigenvalue weighted by Gasteiger charge is 2.32. The number of urea groups is 1. The van der Waals surface area contributed by atoms with Crippen LogP contribution in [0.25, 0.3) is 0 Å². The van der Waals surface area contributed by atoms with Gasteiger partial charge >= 0.3 is 12.2 Å². The maximum atomic E-state index is 13.0. The molecule has 164 valence electrons. The van der Waals surface area contributed by atoms with E-state index < -0.39 is 27.8 Å². The highest BCUT2D eigenvalue weighted by Crippen LogP contribution is 2.30. The molecular weight excluding hydrogens is 423 g/mol. The van der Waals surface area contributed by atoms with Gasteiger partial charge in [0, 0.05) is 31.9 Å². The number of nitrogens with one attached hydrogen (secondary N) is 2. The molecule has 1 fully saturated rings. The second kappa shape index (κ2) is 8.26. The molecule has 2 aromatic rings. The van der Waals surface area contributed by atoms with Crippen LogP contribution in [0.4, 0.5) is 23.7 Å². The van der Waals surface area contributed by atoms with E-state index in [1.807, 2.05) is 0 Å². The molecule has 0 radical (unpaired) electrons. The summed E-state index contributed by atoms with van der Waals surface area (Å²) in [5.74, 6) is 0. The van der Waals surface area contributed by atoms with Crippen LogP contribution in [-0.2, 0) is 16.2 Å². The number of aryl methyl sites for hydroxylation is 2. The Bertz CT molecular complexity index is 999. The number of aromatic nitrogens is 2. The van der Waals surface area contributed by atoms with Crippen molar-refractivity contribution in [2.75, 3.05) is 31.5 Å². The standard InChI is InChI=1S/C18H22F3N5O3S/c1-12-16(13(2)24-23-12)30(28,29)26-9-3-8-25(10-11-26)17(27)22-15-6-4-14(5-7-15)18(19,20)21/h4-7H,3,8-11H2,1-2H3,(H,22,27)(H,23,24). The fourth-order valence-electron chi connectivity index (χ4n) is 3.33. The Balaban J connectivity index is 1.65. The Kier molecular flexibility index (Phi) is 6.09. The third-order valence-corrected chi connectivity index (χ3v) is 7.03. The number of carbonyl (C=O) groups excluding carboxylic acids is 1. The van der Waals surface area contributed by atoms with Gasteiger partial charge in [-0.05, 0) is 44.5 Å². The van der Waals surface area contributed by atoms with Crippen LogP contribution in [0.1, 0.15) is 23.4 Å². The van der Waals surface area contributed by atoms with Crippen LogP contribution in [0.3, 0.4) is 0 Å². The number of H-pyrrole nitrogens is 1. The highest BCUT2D eigenvalue weighted by atomic mass is 32.2. The lowest BCUT2D eigenvalue weighted by molar-refractivity contribution is -0.137. The summed E-state index contributed by atoms with van der Waals surface area (Å²) < 4.78 is 65.2. The molecule has 8 nitrogen and oxygen atoms in total. The Hall–Kier alpha value is -2.60. The first kappa shape index (κ1) is 22.1. The molecule has 0 saturated carbocycles. The summed E-state index contributed by atoms with van der Waals surface area (Å²) in [6.45, 7) is 4.07. The quantitative estimate of drug-likeness (QED) is 0.759. The SMILES string of the molecule is Cc1n[nH]c(C)c1S(=O)(=O)N1CCCN(C(=O)Nc2ccc(C(F)(F)F)cc2)CC1. The normalized spacial score (nSPS) is 16.4. The van der Waals surface area contributed by atoms with Crippen molar-refractivity contribution < 1.29 is 26.4 Å². The van der Waals surface area contributed by atoms with Crippen LogP contribution in [0.2, 0.25) is 0 Å². The highest BCUT2D eigenvalue weighted by molar-refractivity contribution is 7.89. The van der Waals surface area contributed by atoms with E-state index in [-0.39, 0.29) is 30.2 Å². The third kappa shape index (κ3) is 4.59. The summed E-state index contributed by atoms with van der Waals surface area (Å²) in [7, 11) is -3.76. The molecule has 3 rings (SSSR count). The average Bonchev–Trinajstić information content (AvgIpc) is 2.86. The number of hydrogen-bond acceptors (Lipinski definition) is 4. The van der Waals surface area contributed by atoms with E-state index >= 15 is 0 Å². The first-order valence-electron chi connectivity index (χ1n) is 9.25. The third-order valence-electron chi connectivity index (χ3n) is 4.86. The van der Waals surface area contributed by atoms with Crippen molar-refractivity contribution in [3.05, 3.63) is 41.2 Å². The number of hydrogen-bond donors (Lipinski definition) is 2. The fourth-order valence-corrected chi connectivity index (χ4v) is 5.13. The maximum Gasteiger partial charge on any atom is 0.416 e. The van der Waals surface area contributed by atoms with E-state index in [9.17, 15) is 26.4 Å². The molecule has 1 aliphatic rings. The van der Waals surface area contributed by atoms with Crippen molar-refractivity contribution in [1.29, 1.82) is 0 Å². The number of rotatable bonds is 3. The number of anilines is 1. The molecule has 1 aliphatic heterocycles. The molecule has 1 aromatic heterocycles. The predicted octanol–water partition coefficient (Wildman–Crippen LogP) is 2.97. The van der Waals surface area contributed by atoms with Crippen LogP contribution < -0.4 is 5.32 Å². The molecular formula is C18H22F3N5O3S. The van der Waals surface area contributed by atoms with Crippen molar-refractivity contribution in [2.45, 2.75) is 31.3 Å². The summed E-state index contributed by atoms with van der Waals surface area (Å²) in [5.41, 5.74) is 0.259. The fraction of sp³-hybridized carbons (Fsp3) is 0.444. The molecule has 12 heteroatoms. The van der Waals surface area contributed by atoms with Gasteiger partial charge in [-0.3, -0.25) is 5.10 Å². The van der Waals surface area contributed by atoms with Gasteiger partial charge in [0.25, 0.3) is 0 Å². The monoisotopic (exact) mass is 445 g/mol. The van der Waals surface area contributed by atoms with E-state index in [4.69, 9.17) is 0 Å². The van der Waals surface area contributed by atoms with E-state index in [2.05, 4.69) is 15.5 Å². The maximum absolute atomic E-state index is 13.0. The van der Waals surface area contributed by atoms with Gasteiger partial charge in [0.15, 0.2) is 0 Å². The predicted molar refractivity (Wildman–Crippen MR) is 103 cm³/mol. The minimum atomic E-state index is -4.45. The number of halogens is 3. The molecule has 0 aliphatic carbocycles. The van der Waals surface area contributed by atoms with Gasteiger partial charge in [0.2, 0.25) is 10.0 Å². The lowest BCUT2D eigenvalue weighted by atomic mass is 10.2. The zero-order valence-corrected chi connectivity index (χ0v) is 17.3. The summed E-state index contributed by atoms with van der Waals surface area (Å²) in [6.07, 6.45) is -4.02. The molecule has 2 amide bonds. The van der Waals surface area contributed by atoms with Crippen LogP contribution in [0.15, 0.2) is 29.2 Å². The number of sulfonamides is 1. The van der Waals surface area contributed by atoms with Crippen molar-refractivity contribution in [3.63, 3.8) is 0 Å². The van der Waals surface area contributed by atoms with Gasteiger partial charge in [0.1, 0.15) is 4.90 Å². The molecule has 1 aromatic carbocycles. The zero-order chi connectivity index (χ0) is 22.1. The van der Waals surface area contributed by atoms with Gasteiger partial charge in [-0.1, -0.05) is 0 Å². The lowest BCUT2D eigenvalue weighted by Crippen LogP contribution is -2.39. The van der Waals surface area contributed by atoms with Gasteiger partial charge in [-0.15, -0.1) is 0 Å². The topological polar surface area (TPSA) is 98.4 Å². The Labute approximate surface area is 172 Å². The second-order valence-electron chi connectivity index (χ2n) is 7.01. The number of amides is 2. The van der Waals surface area contributed by atoms with Crippen molar-refractivity contribution in [1.82, 2.24) is 19.4 Å². The number of alkyl halides is 3. The molecule has 2 N–H and O–H groups in total. The molecule has 0 unspecified atom stereocenters. The molecule has 0 atom stereocenters. The van der Waals surface area contributed by atoms with E-state index in [1.54, 1.807) is 13.8 Å². The lowest BCUT2D eigenvalue weighted by Gasteiger charge is -2.22. The molecule has 0 bridgehead atoms. The zero-order valence-electron chi connectivity index (χ0n) is 16.5. The van der Waals surface area contributed by atoms with Gasteiger partial charge < -0.3 is 10.2 Å². The van der Waals surface area contributed by atoms with E-state index in [0.29, 0.717) is 24.4 Å². The van der Waals surface area contributed by atoms with Crippen LogP contribution in [0, 0.1) is 13.8 Å². The van der Waals surface area contributed by atoms with Gasteiger partial charge in [-0.2, -0.15) is 22.6 Å². The summed E-state index contributed by atoms with van der Waals surface area (Å²) >= 11 is 0. The van der Waals surface area contributed by atoms with Crippen LogP contribution >= 0.6 is 0 Å². The Morgan fingerprint density at radius 1 is 1.10 bits per heavy atom. The van der Waals surface area contributed by atoms with Crippen LogP contribution in [0.5, 0.6) is 0 Å². The summed E-state index contributed by atoms with van der Waals surface area (Å²) in [6, 6.07) is 3.65. The first-order chi connectivity index (χ1) is 14.0. The number of benzene rings is 1. The second-order valence-corrected chi connectivity index (χ2v) is 8.89. The number of aromatic amines is 1. The van der Waals surface area contributed by atoms with Crippen molar-refractivity contribution in [2.24, 2.45) is 0 Å². The molecule has 0 spiro atoms. The van der Waals surface area contributed by atoms with Gasteiger partial charge in [-0.25, -0.2) is 13.2 Å².